The van der Waals surface area contributed by atoms with Crippen LogP contribution < -0.4 is 5.32 Å². The summed E-state index contributed by atoms with van der Waals surface area (Å²) in [5, 5.41) is 3.38. The highest BCUT2D eigenvalue weighted by atomic mass is 16.5. The van der Waals surface area contributed by atoms with Crippen LogP contribution in [-0.4, -0.2) is 20.2 Å². The van der Waals surface area contributed by atoms with Crippen molar-refractivity contribution >= 4 is 0 Å². The lowest BCUT2D eigenvalue weighted by molar-refractivity contribution is -0.00531. The van der Waals surface area contributed by atoms with Gasteiger partial charge in [0, 0.05) is 13.2 Å². The fraction of sp³-hybridized carbons (Fsp3) is 0.368. The van der Waals surface area contributed by atoms with E-state index in [0.717, 1.165) is 0 Å². The van der Waals surface area contributed by atoms with Gasteiger partial charge in [-0.1, -0.05) is 48.5 Å². The number of nitrogens with one attached hydrogen (secondary N) is 1. The molecular formula is C19H25NO. The molecule has 2 aromatic rings. The minimum Gasteiger partial charge on any atom is -0.367 e. The Labute approximate surface area is 128 Å². The van der Waals surface area contributed by atoms with E-state index in [1.807, 2.05) is 7.05 Å². The second-order valence-electron chi connectivity index (χ2n) is 5.58. The molecule has 0 bridgehead atoms. The molecule has 0 radical (unpaired) electrons. The van der Waals surface area contributed by atoms with Crippen LogP contribution in [0.4, 0.5) is 0 Å². The number of likely N-dealkylation sites (N-methyl/N-ethyl adjacent to an activating group) is 1. The van der Waals surface area contributed by atoms with Gasteiger partial charge >= 0.3 is 0 Å². The van der Waals surface area contributed by atoms with Crippen LogP contribution in [0.3, 0.4) is 0 Å². The molecule has 2 heteroatoms. The van der Waals surface area contributed by atoms with Crippen molar-refractivity contribution in [3.8, 4) is 0 Å². The molecule has 2 nitrogen and oxygen atoms in total. The van der Waals surface area contributed by atoms with E-state index in [2.05, 4.69) is 74.6 Å². The molecule has 0 heterocycles. The molecule has 0 aliphatic carbocycles. The van der Waals surface area contributed by atoms with Gasteiger partial charge in [0.2, 0.25) is 0 Å². The van der Waals surface area contributed by atoms with Crippen molar-refractivity contribution in [3.05, 3.63) is 70.8 Å². The van der Waals surface area contributed by atoms with Gasteiger partial charge < -0.3 is 10.1 Å². The zero-order valence-electron chi connectivity index (χ0n) is 13.6. The van der Waals surface area contributed by atoms with Gasteiger partial charge in [-0.05, 0) is 50.1 Å². The van der Waals surface area contributed by atoms with E-state index in [9.17, 15) is 0 Å². The molecule has 0 aromatic heterocycles. The molecule has 0 saturated carbocycles. The van der Waals surface area contributed by atoms with Crippen LogP contribution in [0.15, 0.2) is 48.5 Å². The third kappa shape index (κ3) is 2.61. The van der Waals surface area contributed by atoms with Crippen LogP contribution in [-0.2, 0) is 10.3 Å². The Hall–Kier alpha value is -1.64. The highest BCUT2D eigenvalue weighted by molar-refractivity contribution is 5.45. The lowest BCUT2D eigenvalue weighted by Gasteiger charge is -2.40. The van der Waals surface area contributed by atoms with Crippen LogP contribution >= 0.6 is 0 Å². The van der Waals surface area contributed by atoms with Crippen LogP contribution in [0, 0.1) is 13.8 Å². The quantitative estimate of drug-likeness (QED) is 0.901. The Balaban J connectivity index is 2.77. The Kier molecular flexibility index (Phi) is 4.81. The maximum atomic E-state index is 6.16. The molecule has 0 aliphatic heterocycles. The van der Waals surface area contributed by atoms with E-state index in [1.165, 1.54) is 22.3 Å². The molecule has 0 spiro atoms. The van der Waals surface area contributed by atoms with Gasteiger partial charge in [-0.15, -0.1) is 0 Å². The summed E-state index contributed by atoms with van der Waals surface area (Å²) in [7, 11) is 3.78. The summed E-state index contributed by atoms with van der Waals surface area (Å²) < 4.78 is 6.16. The van der Waals surface area contributed by atoms with Crippen LogP contribution in [0.1, 0.15) is 29.2 Å². The lowest BCUT2D eigenvalue weighted by Crippen LogP contribution is -2.48. The van der Waals surface area contributed by atoms with E-state index in [-0.39, 0.29) is 6.04 Å². The Bertz CT molecular complexity index is 561. The fourth-order valence-electron chi connectivity index (χ4n) is 3.19. The van der Waals surface area contributed by atoms with Crippen molar-refractivity contribution in [3.63, 3.8) is 0 Å². The van der Waals surface area contributed by atoms with Crippen LogP contribution in [0.2, 0.25) is 0 Å². The third-order valence-corrected chi connectivity index (χ3v) is 4.46. The van der Waals surface area contributed by atoms with Gasteiger partial charge in [-0.3, -0.25) is 0 Å². The average molecular weight is 283 g/mol. The second-order valence-corrected chi connectivity index (χ2v) is 5.58. The molecule has 1 N–H and O–H groups in total. The summed E-state index contributed by atoms with van der Waals surface area (Å²) in [5.41, 5.74) is 4.41. The van der Waals surface area contributed by atoms with Crippen molar-refractivity contribution in [2.75, 3.05) is 14.2 Å². The molecule has 2 rings (SSSR count). The fourth-order valence-corrected chi connectivity index (χ4v) is 3.19. The van der Waals surface area contributed by atoms with Crippen molar-refractivity contribution < 1.29 is 4.74 Å². The van der Waals surface area contributed by atoms with Crippen molar-refractivity contribution in [1.29, 1.82) is 0 Å². The maximum absolute atomic E-state index is 6.16. The van der Waals surface area contributed by atoms with Gasteiger partial charge in [0.15, 0.2) is 0 Å². The summed E-state index contributed by atoms with van der Waals surface area (Å²) >= 11 is 0. The standard InChI is InChI=1S/C19H25NO/c1-14-10-6-8-12-17(14)19(21-5,16(3)20-4)18-13-9-7-11-15(18)2/h6-13,16,20H,1-5H3. The Morgan fingerprint density at radius 1 is 0.905 bits per heavy atom. The minimum atomic E-state index is -0.495. The molecule has 1 atom stereocenters. The molecule has 0 fully saturated rings. The number of hydrogen-bond acceptors (Lipinski definition) is 2. The number of ether oxygens (including phenoxy) is 1. The van der Waals surface area contributed by atoms with E-state index >= 15 is 0 Å². The predicted molar refractivity (Wildman–Crippen MR) is 88.7 cm³/mol. The SMILES string of the molecule is CNC(C)C(OC)(c1ccccc1C)c1ccccc1C. The average Bonchev–Trinajstić information content (AvgIpc) is 2.51. The Morgan fingerprint density at radius 2 is 1.33 bits per heavy atom. The first-order valence-electron chi connectivity index (χ1n) is 7.42. The zero-order chi connectivity index (χ0) is 15.5. The second kappa shape index (κ2) is 6.42. The number of hydrogen-bond donors (Lipinski definition) is 1. The van der Waals surface area contributed by atoms with Crippen molar-refractivity contribution in [2.24, 2.45) is 0 Å². The number of benzene rings is 2. The first-order valence-corrected chi connectivity index (χ1v) is 7.42. The molecule has 112 valence electrons. The van der Waals surface area contributed by atoms with Crippen molar-refractivity contribution in [1.82, 2.24) is 5.32 Å². The van der Waals surface area contributed by atoms with Crippen molar-refractivity contribution in [2.45, 2.75) is 32.4 Å². The summed E-state index contributed by atoms with van der Waals surface area (Å²) in [6.07, 6.45) is 0. The smallest absolute Gasteiger partial charge is 0.133 e. The lowest BCUT2D eigenvalue weighted by atomic mass is 9.77. The normalized spacial score (nSPS) is 13.2. The number of methoxy groups -OCH3 is 1. The summed E-state index contributed by atoms with van der Waals surface area (Å²) in [5.74, 6) is 0. The molecule has 21 heavy (non-hydrogen) atoms. The highest BCUT2D eigenvalue weighted by Gasteiger charge is 2.41. The molecule has 0 saturated heterocycles. The Morgan fingerprint density at radius 3 is 1.67 bits per heavy atom. The van der Waals surface area contributed by atoms with Gasteiger partial charge in [-0.25, -0.2) is 0 Å². The molecular weight excluding hydrogens is 258 g/mol. The summed E-state index contributed by atoms with van der Waals surface area (Å²) in [4.78, 5) is 0. The van der Waals surface area contributed by atoms with E-state index in [0.29, 0.717) is 0 Å². The van der Waals surface area contributed by atoms with Crippen LogP contribution in [0.25, 0.3) is 0 Å². The molecule has 0 amide bonds. The van der Waals surface area contributed by atoms with Crippen LogP contribution in [0.5, 0.6) is 0 Å². The van der Waals surface area contributed by atoms with E-state index in [4.69, 9.17) is 4.74 Å². The topological polar surface area (TPSA) is 21.3 Å². The van der Waals surface area contributed by atoms with E-state index < -0.39 is 5.60 Å². The van der Waals surface area contributed by atoms with Gasteiger partial charge in [0.05, 0.1) is 0 Å². The van der Waals surface area contributed by atoms with Gasteiger partial charge in [-0.2, -0.15) is 0 Å². The summed E-state index contributed by atoms with van der Waals surface area (Å²) in [6.45, 7) is 6.45. The molecule has 0 aliphatic rings. The summed E-state index contributed by atoms with van der Waals surface area (Å²) in [6, 6.07) is 17.1. The predicted octanol–water partition coefficient (Wildman–Crippen LogP) is 3.80. The zero-order valence-corrected chi connectivity index (χ0v) is 13.6. The molecule has 1 unspecified atom stereocenters. The largest absolute Gasteiger partial charge is 0.367 e. The maximum Gasteiger partial charge on any atom is 0.133 e. The first kappa shape index (κ1) is 15.7. The number of rotatable bonds is 5. The monoisotopic (exact) mass is 283 g/mol. The highest BCUT2D eigenvalue weighted by Crippen LogP contribution is 2.39. The van der Waals surface area contributed by atoms with Gasteiger partial charge in [0.25, 0.3) is 0 Å². The van der Waals surface area contributed by atoms with Gasteiger partial charge in [0.1, 0.15) is 5.60 Å². The van der Waals surface area contributed by atoms with E-state index in [1.54, 1.807) is 7.11 Å². The first-order chi connectivity index (χ1) is 10.1. The minimum absolute atomic E-state index is 0.143. The number of aryl methyl sites for hydroxylation is 2. The third-order valence-electron chi connectivity index (χ3n) is 4.46. The molecule has 2 aromatic carbocycles.